The van der Waals surface area contributed by atoms with Gasteiger partial charge >= 0.3 is 5.97 Å². The van der Waals surface area contributed by atoms with E-state index in [1.54, 1.807) is 24.3 Å². The predicted molar refractivity (Wildman–Crippen MR) is 80.1 cm³/mol. The number of para-hydroxylation sites is 2. The summed E-state index contributed by atoms with van der Waals surface area (Å²) in [5.74, 6) is -0.838. The monoisotopic (exact) mass is 300 g/mol. The van der Waals surface area contributed by atoms with Crippen molar-refractivity contribution in [3.63, 3.8) is 0 Å². The second-order valence-corrected chi connectivity index (χ2v) is 4.71. The molecular formula is C17H16O5. The highest BCUT2D eigenvalue weighted by atomic mass is 16.6. The Hall–Kier alpha value is -2.82. The number of carbonyl (C=O) groups excluding carboxylic acids is 2. The maximum Gasteiger partial charge on any atom is 0.344 e. The molecule has 22 heavy (non-hydrogen) atoms. The lowest BCUT2D eigenvalue weighted by Gasteiger charge is -2.08. The molecule has 0 atom stereocenters. The summed E-state index contributed by atoms with van der Waals surface area (Å²) in [7, 11) is 0. The first-order valence-electron chi connectivity index (χ1n) is 6.72. The van der Waals surface area contributed by atoms with E-state index in [1.165, 1.54) is 12.1 Å². The van der Waals surface area contributed by atoms with Gasteiger partial charge in [0, 0.05) is 5.56 Å². The summed E-state index contributed by atoms with van der Waals surface area (Å²) >= 11 is 0. The molecule has 114 valence electrons. The number of aryl methyl sites for hydroxylation is 1. The van der Waals surface area contributed by atoms with Crippen LogP contribution in [0.5, 0.6) is 11.5 Å². The summed E-state index contributed by atoms with van der Waals surface area (Å²) in [5, 5.41) is 9.48. The number of esters is 1. The van der Waals surface area contributed by atoms with Gasteiger partial charge in [-0.3, -0.25) is 4.79 Å². The molecule has 0 spiro atoms. The molecule has 0 aromatic heterocycles. The van der Waals surface area contributed by atoms with Crippen molar-refractivity contribution in [3.8, 4) is 11.5 Å². The van der Waals surface area contributed by atoms with Gasteiger partial charge in [0.25, 0.3) is 0 Å². The largest absolute Gasteiger partial charge is 0.504 e. The standard InChI is InChI=1S/C17H16O5/c1-12-6-8-13(9-7-12)15(19)10-22-17(20)11-21-16-5-3-2-4-14(16)18/h2-9,18H,10-11H2,1H3. The highest BCUT2D eigenvalue weighted by Crippen LogP contribution is 2.24. The van der Waals surface area contributed by atoms with Crippen LogP contribution in [-0.4, -0.2) is 30.1 Å². The van der Waals surface area contributed by atoms with Gasteiger partial charge in [0.15, 0.2) is 30.5 Å². The molecule has 1 N–H and O–H groups in total. The highest BCUT2D eigenvalue weighted by Gasteiger charge is 2.11. The number of ketones is 1. The van der Waals surface area contributed by atoms with Gasteiger partial charge in [-0.1, -0.05) is 42.0 Å². The first-order chi connectivity index (χ1) is 10.6. The summed E-state index contributed by atoms with van der Waals surface area (Å²) in [4.78, 5) is 23.4. The zero-order valence-corrected chi connectivity index (χ0v) is 12.1. The zero-order valence-electron chi connectivity index (χ0n) is 12.1. The second kappa shape index (κ2) is 7.26. The molecule has 0 amide bonds. The smallest absolute Gasteiger partial charge is 0.344 e. The van der Waals surface area contributed by atoms with Gasteiger partial charge in [0.1, 0.15) is 0 Å². The van der Waals surface area contributed by atoms with Crippen molar-refractivity contribution in [2.45, 2.75) is 6.92 Å². The first-order valence-corrected chi connectivity index (χ1v) is 6.72. The molecule has 5 heteroatoms. The van der Waals surface area contributed by atoms with E-state index in [-0.39, 0.29) is 30.5 Å². The van der Waals surface area contributed by atoms with Gasteiger partial charge < -0.3 is 14.6 Å². The molecule has 0 unspecified atom stereocenters. The van der Waals surface area contributed by atoms with E-state index in [0.29, 0.717) is 5.56 Å². The number of aromatic hydroxyl groups is 1. The molecule has 0 bridgehead atoms. The summed E-state index contributed by atoms with van der Waals surface area (Å²) in [5.41, 5.74) is 1.53. The third kappa shape index (κ3) is 4.34. The van der Waals surface area contributed by atoms with Crippen LogP contribution in [0.3, 0.4) is 0 Å². The minimum atomic E-state index is -0.677. The lowest BCUT2D eigenvalue weighted by atomic mass is 10.1. The number of hydrogen-bond acceptors (Lipinski definition) is 5. The average molecular weight is 300 g/mol. The quantitative estimate of drug-likeness (QED) is 0.655. The summed E-state index contributed by atoms with van der Waals surface area (Å²) in [6, 6.07) is 13.3. The van der Waals surface area contributed by atoms with Crippen molar-refractivity contribution in [1.29, 1.82) is 0 Å². The zero-order chi connectivity index (χ0) is 15.9. The Morgan fingerprint density at radius 1 is 1.00 bits per heavy atom. The van der Waals surface area contributed by atoms with Gasteiger partial charge in [-0.15, -0.1) is 0 Å². The van der Waals surface area contributed by atoms with E-state index < -0.39 is 5.97 Å². The van der Waals surface area contributed by atoms with Crippen LogP contribution in [0, 0.1) is 6.92 Å². The number of carbonyl (C=O) groups is 2. The number of Topliss-reactive ketones (excluding diaryl/α,β-unsaturated/α-hetero) is 1. The fraction of sp³-hybridized carbons (Fsp3) is 0.176. The van der Waals surface area contributed by atoms with Gasteiger partial charge in [-0.25, -0.2) is 4.79 Å². The average Bonchev–Trinajstić information content (AvgIpc) is 2.52. The SMILES string of the molecule is Cc1ccc(C(=O)COC(=O)COc2ccccc2O)cc1. The highest BCUT2D eigenvalue weighted by molar-refractivity contribution is 5.98. The van der Waals surface area contributed by atoms with E-state index in [0.717, 1.165) is 5.56 Å². The van der Waals surface area contributed by atoms with Crippen LogP contribution in [0.1, 0.15) is 15.9 Å². The Kier molecular flexibility index (Phi) is 5.14. The number of ether oxygens (including phenoxy) is 2. The van der Waals surface area contributed by atoms with Gasteiger partial charge in [0.05, 0.1) is 0 Å². The molecule has 0 saturated heterocycles. The predicted octanol–water partition coefficient (Wildman–Crippen LogP) is 2.51. The van der Waals surface area contributed by atoms with Crippen molar-refractivity contribution < 1.29 is 24.2 Å². The van der Waals surface area contributed by atoms with Crippen LogP contribution < -0.4 is 4.74 Å². The second-order valence-electron chi connectivity index (χ2n) is 4.71. The van der Waals surface area contributed by atoms with Crippen LogP contribution in [-0.2, 0) is 9.53 Å². The Balaban J connectivity index is 1.79. The topological polar surface area (TPSA) is 72.8 Å². The number of rotatable bonds is 6. The molecule has 0 aliphatic carbocycles. The Morgan fingerprint density at radius 3 is 2.36 bits per heavy atom. The fourth-order valence-electron chi connectivity index (χ4n) is 1.73. The maximum atomic E-state index is 11.8. The van der Waals surface area contributed by atoms with Crippen molar-refractivity contribution in [1.82, 2.24) is 0 Å². The lowest BCUT2D eigenvalue weighted by Crippen LogP contribution is -2.19. The van der Waals surface area contributed by atoms with Crippen LogP contribution >= 0.6 is 0 Å². The number of hydrogen-bond donors (Lipinski definition) is 1. The molecular weight excluding hydrogens is 284 g/mol. The van der Waals surface area contributed by atoms with Gasteiger partial charge in [-0.2, -0.15) is 0 Å². The molecule has 0 fully saturated rings. The number of benzene rings is 2. The lowest BCUT2D eigenvalue weighted by molar-refractivity contribution is -0.144. The molecule has 2 rings (SSSR count). The summed E-state index contributed by atoms with van der Waals surface area (Å²) in [6.07, 6.45) is 0. The minimum Gasteiger partial charge on any atom is -0.504 e. The van der Waals surface area contributed by atoms with Gasteiger partial charge in [0.2, 0.25) is 0 Å². The fourth-order valence-corrected chi connectivity index (χ4v) is 1.73. The third-order valence-electron chi connectivity index (χ3n) is 2.95. The summed E-state index contributed by atoms with van der Waals surface area (Å²) < 4.78 is 9.97. The molecule has 0 heterocycles. The molecule has 0 aliphatic rings. The van der Waals surface area contributed by atoms with E-state index >= 15 is 0 Å². The third-order valence-corrected chi connectivity index (χ3v) is 2.95. The Bertz CT molecular complexity index is 661. The molecule has 2 aromatic rings. The maximum absolute atomic E-state index is 11.8. The van der Waals surface area contributed by atoms with Crippen molar-refractivity contribution in [2.24, 2.45) is 0 Å². The first kappa shape index (κ1) is 15.6. The molecule has 0 aliphatic heterocycles. The van der Waals surface area contributed by atoms with Crippen LogP contribution in [0.2, 0.25) is 0 Å². The molecule has 5 nitrogen and oxygen atoms in total. The normalized spacial score (nSPS) is 10.0. The van der Waals surface area contributed by atoms with Crippen molar-refractivity contribution >= 4 is 11.8 Å². The van der Waals surface area contributed by atoms with E-state index in [1.807, 2.05) is 19.1 Å². The Morgan fingerprint density at radius 2 is 1.68 bits per heavy atom. The molecule has 0 radical (unpaired) electrons. The van der Waals surface area contributed by atoms with Crippen LogP contribution in [0.25, 0.3) is 0 Å². The van der Waals surface area contributed by atoms with Gasteiger partial charge in [-0.05, 0) is 19.1 Å². The summed E-state index contributed by atoms with van der Waals surface area (Å²) in [6.45, 7) is 1.20. The van der Waals surface area contributed by atoms with Crippen molar-refractivity contribution in [3.05, 3.63) is 59.7 Å². The molecule has 2 aromatic carbocycles. The van der Waals surface area contributed by atoms with Crippen LogP contribution in [0.4, 0.5) is 0 Å². The van der Waals surface area contributed by atoms with E-state index in [4.69, 9.17) is 9.47 Å². The van der Waals surface area contributed by atoms with Crippen LogP contribution in [0.15, 0.2) is 48.5 Å². The number of phenols is 1. The van der Waals surface area contributed by atoms with Crippen molar-refractivity contribution in [2.75, 3.05) is 13.2 Å². The van der Waals surface area contributed by atoms with E-state index in [9.17, 15) is 14.7 Å². The Labute approximate surface area is 128 Å². The minimum absolute atomic E-state index is 0.0639. The molecule has 0 saturated carbocycles. The number of phenolic OH excluding ortho intramolecular Hbond substituents is 1. The van der Waals surface area contributed by atoms with E-state index in [2.05, 4.69) is 0 Å².